The first-order valence-corrected chi connectivity index (χ1v) is 10.2. The lowest BCUT2D eigenvalue weighted by atomic mass is 9.89. The fourth-order valence-electron chi connectivity index (χ4n) is 3.88. The van der Waals surface area contributed by atoms with Gasteiger partial charge in [-0.2, -0.15) is 0 Å². The molecule has 5 nitrogen and oxygen atoms in total. The molecule has 26 heavy (non-hydrogen) atoms. The zero-order valence-electron chi connectivity index (χ0n) is 15.8. The molecule has 1 aliphatic carbocycles. The molecule has 2 aliphatic rings. The van der Waals surface area contributed by atoms with Crippen LogP contribution in [-0.2, 0) is 16.1 Å². The minimum Gasteiger partial charge on any atom is -0.379 e. The quantitative estimate of drug-likeness (QED) is 0.749. The largest absolute Gasteiger partial charge is 0.379 e. The number of nitrogens with one attached hydrogen (secondary N) is 2. The van der Waals surface area contributed by atoms with Gasteiger partial charge in [0.2, 0.25) is 5.91 Å². The van der Waals surface area contributed by atoms with Gasteiger partial charge in [0.05, 0.1) is 13.2 Å². The van der Waals surface area contributed by atoms with Crippen molar-refractivity contribution in [3.63, 3.8) is 0 Å². The van der Waals surface area contributed by atoms with Gasteiger partial charge in [0.25, 0.3) is 0 Å². The molecule has 1 aliphatic heterocycles. The van der Waals surface area contributed by atoms with E-state index < -0.39 is 0 Å². The zero-order chi connectivity index (χ0) is 18.0. The van der Waals surface area contributed by atoms with E-state index in [0.29, 0.717) is 6.42 Å². The minimum atomic E-state index is 0.0869. The van der Waals surface area contributed by atoms with Gasteiger partial charge in [-0.3, -0.25) is 9.69 Å². The number of anilines is 1. The number of morpholine rings is 1. The van der Waals surface area contributed by atoms with Crippen molar-refractivity contribution in [1.82, 2.24) is 10.2 Å². The van der Waals surface area contributed by atoms with Crippen molar-refractivity contribution >= 4 is 11.6 Å². The van der Waals surface area contributed by atoms with E-state index in [1.165, 1.54) is 37.7 Å². The second-order valence-corrected chi connectivity index (χ2v) is 7.59. The number of nitrogens with zero attached hydrogens (tertiary/aromatic N) is 1. The SMILES string of the molecule is O=C(CCN1CCOCC1)Nc1cccc(CNCC2CCCCC2)c1. The predicted octanol–water partition coefficient (Wildman–Crippen LogP) is 3.02. The van der Waals surface area contributed by atoms with Crippen LogP contribution in [0.5, 0.6) is 0 Å². The van der Waals surface area contributed by atoms with E-state index in [1.807, 2.05) is 12.1 Å². The molecule has 1 amide bonds. The molecule has 1 saturated carbocycles. The van der Waals surface area contributed by atoms with Crippen LogP contribution in [0, 0.1) is 5.92 Å². The van der Waals surface area contributed by atoms with Crippen molar-refractivity contribution in [3.05, 3.63) is 29.8 Å². The maximum Gasteiger partial charge on any atom is 0.225 e. The van der Waals surface area contributed by atoms with Gasteiger partial charge in [-0.1, -0.05) is 31.4 Å². The molecule has 0 atom stereocenters. The fourth-order valence-corrected chi connectivity index (χ4v) is 3.88. The van der Waals surface area contributed by atoms with Crippen molar-refractivity contribution in [2.75, 3.05) is 44.7 Å². The number of ether oxygens (including phenoxy) is 1. The van der Waals surface area contributed by atoms with E-state index in [1.54, 1.807) is 0 Å². The normalized spacial score (nSPS) is 19.4. The van der Waals surface area contributed by atoms with Gasteiger partial charge in [-0.25, -0.2) is 0 Å². The minimum absolute atomic E-state index is 0.0869. The third-order valence-electron chi connectivity index (χ3n) is 5.46. The molecule has 3 rings (SSSR count). The van der Waals surface area contributed by atoms with Crippen molar-refractivity contribution in [1.29, 1.82) is 0 Å². The van der Waals surface area contributed by atoms with Crippen LogP contribution >= 0.6 is 0 Å². The number of benzene rings is 1. The van der Waals surface area contributed by atoms with Gasteiger partial charge >= 0.3 is 0 Å². The topological polar surface area (TPSA) is 53.6 Å². The summed E-state index contributed by atoms with van der Waals surface area (Å²) in [5, 5.41) is 6.63. The van der Waals surface area contributed by atoms with Crippen LogP contribution < -0.4 is 10.6 Å². The summed E-state index contributed by atoms with van der Waals surface area (Å²) in [6, 6.07) is 8.20. The summed E-state index contributed by atoms with van der Waals surface area (Å²) in [6.45, 7) is 6.18. The van der Waals surface area contributed by atoms with Gasteiger partial charge in [0, 0.05) is 38.3 Å². The number of rotatable bonds is 8. The number of amides is 1. The third kappa shape index (κ3) is 6.71. The van der Waals surface area contributed by atoms with Crippen LogP contribution in [0.15, 0.2) is 24.3 Å². The van der Waals surface area contributed by atoms with Gasteiger partial charge in [0.1, 0.15) is 0 Å². The highest BCUT2D eigenvalue weighted by Gasteiger charge is 2.13. The lowest BCUT2D eigenvalue weighted by Crippen LogP contribution is -2.38. The molecule has 144 valence electrons. The van der Waals surface area contributed by atoms with Crippen LogP contribution in [0.25, 0.3) is 0 Å². The lowest BCUT2D eigenvalue weighted by Gasteiger charge is -2.26. The molecule has 0 aromatic heterocycles. The Balaban J connectivity index is 1.37. The fraction of sp³-hybridized carbons (Fsp3) is 0.667. The average Bonchev–Trinajstić information content (AvgIpc) is 2.68. The average molecular weight is 360 g/mol. The maximum absolute atomic E-state index is 12.2. The molecule has 1 heterocycles. The summed E-state index contributed by atoms with van der Waals surface area (Å²) < 4.78 is 5.34. The molecule has 2 fully saturated rings. The maximum atomic E-state index is 12.2. The molecule has 0 radical (unpaired) electrons. The Hall–Kier alpha value is -1.43. The molecule has 1 aromatic rings. The lowest BCUT2D eigenvalue weighted by molar-refractivity contribution is -0.116. The summed E-state index contributed by atoms with van der Waals surface area (Å²) >= 11 is 0. The van der Waals surface area contributed by atoms with Crippen LogP contribution in [0.4, 0.5) is 5.69 Å². The van der Waals surface area contributed by atoms with Gasteiger partial charge in [-0.05, 0) is 43.0 Å². The van der Waals surface area contributed by atoms with Gasteiger partial charge in [0.15, 0.2) is 0 Å². The standard InChI is InChI=1S/C21H33N3O2/c25-21(9-10-24-11-13-26-14-12-24)23-20-8-4-7-19(15-20)17-22-16-18-5-2-1-3-6-18/h4,7-8,15,18,22H,1-3,5-6,9-14,16-17H2,(H,23,25). The smallest absolute Gasteiger partial charge is 0.225 e. The second kappa shape index (κ2) is 10.7. The molecule has 1 aromatic carbocycles. The summed E-state index contributed by atoms with van der Waals surface area (Å²) in [5.74, 6) is 0.927. The first-order valence-electron chi connectivity index (χ1n) is 10.2. The summed E-state index contributed by atoms with van der Waals surface area (Å²) in [4.78, 5) is 14.5. The zero-order valence-corrected chi connectivity index (χ0v) is 15.8. The van der Waals surface area contributed by atoms with E-state index >= 15 is 0 Å². The molecule has 0 unspecified atom stereocenters. The summed E-state index contributed by atoms with van der Waals surface area (Å²) in [6.07, 6.45) is 7.45. The Morgan fingerprint density at radius 1 is 1.15 bits per heavy atom. The Bertz CT molecular complexity index is 552. The molecular formula is C21H33N3O2. The van der Waals surface area contributed by atoms with E-state index in [9.17, 15) is 4.79 Å². The van der Waals surface area contributed by atoms with Crippen LogP contribution in [0.1, 0.15) is 44.1 Å². The van der Waals surface area contributed by atoms with Crippen molar-refractivity contribution in [2.24, 2.45) is 5.92 Å². The Labute approximate surface area is 157 Å². The molecule has 2 N–H and O–H groups in total. The molecule has 0 spiro atoms. The Morgan fingerprint density at radius 2 is 1.96 bits per heavy atom. The molecular weight excluding hydrogens is 326 g/mol. The Kier molecular flexibility index (Phi) is 7.92. The monoisotopic (exact) mass is 359 g/mol. The second-order valence-electron chi connectivity index (χ2n) is 7.59. The predicted molar refractivity (Wildman–Crippen MR) is 105 cm³/mol. The number of carbonyl (C=O) groups excluding carboxylic acids is 1. The first-order chi connectivity index (χ1) is 12.8. The van der Waals surface area contributed by atoms with Crippen molar-refractivity contribution in [3.8, 4) is 0 Å². The number of hydrogen-bond acceptors (Lipinski definition) is 4. The molecule has 1 saturated heterocycles. The molecule has 5 heteroatoms. The van der Waals surface area contributed by atoms with Crippen LogP contribution in [0.2, 0.25) is 0 Å². The van der Waals surface area contributed by atoms with Gasteiger partial charge < -0.3 is 15.4 Å². The van der Waals surface area contributed by atoms with E-state index in [2.05, 4.69) is 27.7 Å². The van der Waals surface area contributed by atoms with E-state index in [0.717, 1.165) is 57.5 Å². The van der Waals surface area contributed by atoms with E-state index in [4.69, 9.17) is 4.74 Å². The first kappa shape index (κ1) is 19.3. The van der Waals surface area contributed by atoms with Crippen LogP contribution in [0.3, 0.4) is 0 Å². The summed E-state index contributed by atoms with van der Waals surface area (Å²) in [7, 11) is 0. The summed E-state index contributed by atoms with van der Waals surface area (Å²) in [5.41, 5.74) is 2.13. The molecule has 0 bridgehead atoms. The van der Waals surface area contributed by atoms with Gasteiger partial charge in [-0.15, -0.1) is 0 Å². The number of hydrogen-bond donors (Lipinski definition) is 2. The van der Waals surface area contributed by atoms with E-state index in [-0.39, 0.29) is 5.91 Å². The highest BCUT2D eigenvalue weighted by atomic mass is 16.5. The highest BCUT2D eigenvalue weighted by molar-refractivity contribution is 5.90. The van der Waals surface area contributed by atoms with Crippen molar-refractivity contribution < 1.29 is 9.53 Å². The van der Waals surface area contributed by atoms with Crippen molar-refractivity contribution in [2.45, 2.75) is 45.1 Å². The number of carbonyl (C=O) groups is 1. The third-order valence-corrected chi connectivity index (χ3v) is 5.46. The van der Waals surface area contributed by atoms with Crippen LogP contribution in [-0.4, -0.2) is 50.2 Å². The highest BCUT2D eigenvalue weighted by Crippen LogP contribution is 2.22. The Morgan fingerprint density at radius 3 is 2.77 bits per heavy atom.